The zero-order valence-corrected chi connectivity index (χ0v) is 12.3. The topological polar surface area (TPSA) is 61.9 Å². The maximum absolute atomic E-state index is 13.6. The predicted molar refractivity (Wildman–Crippen MR) is 68.3 cm³/mol. The van der Waals surface area contributed by atoms with Crippen LogP contribution in [-0.4, -0.2) is 73.3 Å². The quantitative estimate of drug-likeness (QED) is 0.751. The second-order valence-corrected chi connectivity index (χ2v) is 4.90. The van der Waals surface area contributed by atoms with E-state index in [-0.39, 0.29) is 19.7 Å². The highest BCUT2D eigenvalue weighted by atomic mass is 19.4. The van der Waals surface area contributed by atoms with Crippen molar-refractivity contribution in [2.24, 2.45) is 0 Å². The first kappa shape index (κ1) is 17.7. The van der Waals surface area contributed by atoms with Crippen molar-refractivity contribution >= 4 is 11.9 Å². The highest BCUT2D eigenvalue weighted by Crippen LogP contribution is 2.35. The van der Waals surface area contributed by atoms with Crippen molar-refractivity contribution in [1.29, 1.82) is 0 Å². The number of hydrogen-bond donors (Lipinski definition) is 1. The summed E-state index contributed by atoms with van der Waals surface area (Å²) in [5.41, 5.74) is -3.13. The number of piperazine rings is 1. The molecule has 1 aliphatic heterocycles. The molecule has 1 fully saturated rings. The average molecular weight is 311 g/mol. The Morgan fingerprint density at radius 3 is 2.10 bits per heavy atom. The summed E-state index contributed by atoms with van der Waals surface area (Å²) in [6.07, 6.45) is -4.99. The van der Waals surface area contributed by atoms with Gasteiger partial charge in [0.05, 0.1) is 6.61 Å². The van der Waals surface area contributed by atoms with Gasteiger partial charge in [0.1, 0.15) is 0 Å². The van der Waals surface area contributed by atoms with Crippen molar-refractivity contribution in [2.45, 2.75) is 25.7 Å². The molecular formula is C12H20F3N3O3. The lowest BCUT2D eigenvalue weighted by molar-refractivity contribution is -0.252. The van der Waals surface area contributed by atoms with E-state index in [1.54, 1.807) is 12.4 Å². The van der Waals surface area contributed by atoms with Crippen molar-refractivity contribution in [1.82, 2.24) is 15.1 Å². The smallest absolute Gasteiger partial charge is 0.436 e. The maximum atomic E-state index is 13.6. The first-order valence-corrected chi connectivity index (χ1v) is 6.61. The van der Waals surface area contributed by atoms with Gasteiger partial charge in [-0.15, -0.1) is 0 Å². The number of amides is 1. The van der Waals surface area contributed by atoms with Gasteiger partial charge >= 0.3 is 12.1 Å². The van der Waals surface area contributed by atoms with Crippen LogP contribution >= 0.6 is 0 Å². The van der Waals surface area contributed by atoms with E-state index in [9.17, 15) is 22.8 Å². The molecule has 122 valence electrons. The highest BCUT2D eigenvalue weighted by molar-refractivity contribution is 5.87. The van der Waals surface area contributed by atoms with E-state index in [1.807, 2.05) is 4.90 Å². The molecule has 6 nitrogen and oxygen atoms in total. The molecule has 9 heteroatoms. The fourth-order valence-corrected chi connectivity index (χ4v) is 2.26. The average Bonchev–Trinajstić information content (AvgIpc) is 2.35. The van der Waals surface area contributed by atoms with E-state index < -0.39 is 23.7 Å². The molecule has 1 atom stereocenters. The highest BCUT2D eigenvalue weighted by Gasteiger charge is 2.66. The van der Waals surface area contributed by atoms with Gasteiger partial charge in [-0.1, -0.05) is 0 Å². The van der Waals surface area contributed by atoms with Crippen LogP contribution in [0.5, 0.6) is 0 Å². The summed E-state index contributed by atoms with van der Waals surface area (Å²) < 4.78 is 45.4. The van der Waals surface area contributed by atoms with Crippen LogP contribution in [0.1, 0.15) is 13.8 Å². The van der Waals surface area contributed by atoms with E-state index >= 15 is 0 Å². The van der Waals surface area contributed by atoms with Gasteiger partial charge in [-0.3, -0.25) is 9.69 Å². The van der Waals surface area contributed by atoms with Gasteiger partial charge in [0, 0.05) is 33.1 Å². The van der Waals surface area contributed by atoms with Gasteiger partial charge in [0.2, 0.25) is 5.91 Å². The van der Waals surface area contributed by atoms with Gasteiger partial charge in [-0.05, 0) is 14.0 Å². The molecule has 0 unspecified atom stereocenters. The molecule has 21 heavy (non-hydrogen) atoms. The Morgan fingerprint density at radius 2 is 1.71 bits per heavy atom. The Labute approximate surface area is 121 Å². The number of nitrogens with one attached hydrogen (secondary N) is 1. The first-order chi connectivity index (χ1) is 9.65. The molecule has 1 heterocycles. The Hall–Kier alpha value is -1.35. The minimum Gasteiger partial charge on any atom is -0.463 e. The number of carbonyl (C=O) groups is 2. The molecule has 1 N–H and O–H groups in total. The van der Waals surface area contributed by atoms with Crippen molar-refractivity contribution in [3.05, 3.63) is 0 Å². The van der Waals surface area contributed by atoms with E-state index in [1.165, 1.54) is 6.92 Å². The van der Waals surface area contributed by atoms with Crippen LogP contribution in [0, 0.1) is 0 Å². The van der Waals surface area contributed by atoms with Crippen LogP contribution in [0.15, 0.2) is 0 Å². The predicted octanol–water partition coefficient (Wildman–Crippen LogP) is 0.192. The van der Waals surface area contributed by atoms with Crippen molar-refractivity contribution < 1.29 is 27.5 Å². The van der Waals surface area contributed by atoms with Gasteiger partial charge in [0.15, 0.2) is 0 Å². The normalized spacial score (nSPS) is 20.7. The molecule has 0 aromatic heterocycles. The molecule has 0 aliphatic carbocycles. The number of carbonyl (C=O) groups excluding carboxylic acids is 2. The Morgan fingerprint density at radius 1 is 1.19 bits per heavy atom. The number of rotatable bonds is 4. The molecule has 1 saturated heterocycles. The Kier molecular flexibility index (Phi) is 5.57. The molecule has 0 saturated carbocycles. The van der Waals surface area contributed by atoms with E-state index in [2.05, 4.69) is 4.74 Å². The molecule has 1 amide bonds. The molecule has 0 aromatic rings. The number of likely N-dealkylation sites (N-methyl/N-ethyl adjacent to an activating group) is 1. The van der Waals surface area contributed by atoms with Crippen LogP contribution in [0.4, 0.5) is 13.2 Å². The minimum atomic E-state index is -4.99. The second kappa shape index (κ2) is 6.61. The fourth-order valence-electron chi connectivity index (χ4n) is 2.26. The van der Waals surface area contributed by atoms with Gasteiger partial charge in [-0.25, -0.2) is 4.79 Å². The molecular weight excluding hydrogens is 291 g/mol. The molecule has 0 bridgehead atoms. The first-order valence-electron chi connectivity index (χ1n) is 6.61. The summed E-state index contributed by atoms with van der Waals surface area (Å²) in [5.74, 6) is -2.45. The van der Waals surface area contributed by atoms with Crippen molar-refractivity contribution in [2.75, 3.05) is 39.8 Å². The van der Waals surface area contributed by atoms with E-state index in [0.29, 0.717) is 13.1 Å². The van der Waals surface area contributed by atoms with Crippen LogP contribution in [0.3, 0.4) is 0 Å². The molecule has 0 radical (unpaired) electrons. The van der Waals surface area contributed by atoms with E-state index in [4.69, 9.17) is 0 Å². The number of esters is 1. The summed E-state index contributed by atoms with van der Waals surface area (Å²) >= 11 is 0. The largest absolute Gasteiger partial charge is 0.463 e. The molecule has 0 spiro atoms. The van der Waals surface area contributed by atoms with Crippen molar-refractivity contribution in [3.63, 3.8) is 0 Å². The summed E-state index contributed by atoms with van der Waals surface area (Å²) in [7, 11) is 1.77. The standard InChI is InChI=1S/C12H20F3N3O3/c1-4-21-10(20)11(12(13,14)15,16-9(2)19)18-7-5-17(3)6-8-18/h4-8H2,1-3H3,(H,16,19)/t11-/m0/s1. The minimum absolute atomic E-state index is 0.00486. The number of halogens is 3. The van der Waals surface area contributed by atoms with E-state index in [0.717, 1.165) is 11.8 Å². The zero-order chi connectivity index (χ0) is 16.3. The maximum Gasteiger partial charge on any atom is 0.436 e. The lowest BCUT2D eigenvalue weighted by atomic mass is 10.1. The monoisotopic (exact) mass is 311 g/mol. The van der Waals surface area contributed by atoms with Crippen LogP contribution in [0.2, 0.25) is 0 Å². The zero-order valence-electron chi connectivity index (χ0n) is 12.3. The number of hydrogen-bond acceptors (Lipinski definition) is 5. The third kappa shape index (κ3) is 3.65. The Bertz CT molecular complexity index is 395. The summed E-state index contributed by atoms with van der Waals surface area (Å²) in [6, 6.07) is 0. The van der Waals surface area contributed by atoms with Crippen LogP contribution < -0.4 is 5.32 Å². The fraction of sp³-hybridized carbons (Fsp3) is 0.833. The third-order valence-electron chi connectivity index (χ3n) is 3.32. The summed E-state index contributed by atoms with van der Waals surface area (Å²) in [5, 5.41) is 1.77. The van der Waals surface area contributed by atoms with Gasteiger partial charge < -0.3 is 15.0 Å². The Balaban J connectivity index is 3.22. The molecule has 1 rings (SSSR count). The summed E-state index contributed by atoms with van der Waals surface area (Å²) in [4.78, 5) is 26.0. The van der Waals surface area contributed by atoms with Crippen LogP contribution in [-0.2, 0) is 14.3 Å². The lowest BCUT2D eigenvalue weighted by Gasteiger charge is -2.45. The number of nitrogens with zero attached hydrogens (tertiary/aromatic N) is 2. The summed E-state index contributed by atoms with van der Waals surface area (Å²) in [6.45, 7) is 2.86. The number of ether oxygens (including phenoxy) is 1. The van der Waals surface area contributed by atoms with Crippen molar-refractivity contribution in [3.8, 4) is 0 Å². The van der Waals surface area contributed by atoms with Crippen LogP contribution in [0.25, 0.3) is 0 Å². The number of alkyl halides is 3. The van der Waals surface area contributed by atoms with Gasteiger partial charge in [0.25, 0.3) is 5.66 Å². The second-order valence-electron chi connectivity index (χ2n) is 4.90. The third-order valence-corrected chi connectivity index (χ3v) is 3.32. The molecule has 1 aliphatic rings. The SMILES string of the molecule is CCOC(=O)[C@](NC(C)=O)(N1CCN(C)CC1)C(F)(F)F. The molecule has 0 aromatic carbocycles. The lowest BCUT2D eigenvalue weighted by Crippen LogP contribution is -2.75. The van der Waals surface area contributed by atoms with Gasteiger partial charge in [-0.2, -0.15) is 13.2 Å².